The molecule has 1 aromatic heterocycles. The normalized spacial score (nSPS) is 11.3. The molecule has 146 valence electrons. The Hall–Kier alpha value is -2.57. The molecule has 0 unspecified atom stereocenters. The molecule has 1 heterocycles. The topological polar surface area (TPSA) is 61.9 Å². The minimum atomic E-state index is 0.0495. The van der Waals surface area contributed by atoms with E-state index in [1.54, 1.807) is 11.9 Å². The number of benzene rings is 2. The van der Waals surface area contributed by atoms with Crippen molar-refractivity contribution in [3.05, 3.63) is 65.9 Å². The second-order valence-corrected chi connectivity index (χ2v) is 8.70. The summed E-state index contributed by atoms with van der Waals surface area (Å²) in [4.78, 5) is 10.2. The van der Waals surface area contributed by atoms with Crippen LogP contribution in [-0.4, -0.2) is 15.5 Å². The van der Waals surface area contributed by atoms with Crippen LogP contribution in [0.25, 0.3) is 0 Å². The molecule has 0 aliphatic rings. The highest BCUT2D eigenvalue weighted by atomic mass is 32.2. The van der Waals surface area contributed by atoms with Crippen LogP contribution in [0.5, 0.6) is 0 Å². The van der Waals surface area contributed by atoms with Gasteiger partial charge in [0.05, 0.1) is 0 Å². The monoisotopic (exact) mass is 393 g/mol. The van der Waals surface area contributed by atoms with E-state index in [1.807, 2.05) is 37.4 Å². The van der Waals surface area contributed by atoms with Crippen LogP contribution in [0, 0.1) is 13.8 Å². The van der Waals surface area contributed by atoms with Crippen molar-refractivity contribution in [2.45, 2.75) is 45.1 Å². The number of anilines is 4. The summed E-state index contributed by atoms with van der Waals surface area (Å²) in [6, 6.07) is 16.4. The van der Waals surface area contributed by atoms with Crippen LogP contribution in [0.2, 0.25) is 0 Å². The lowest BCUT2D eigenvalue weighted by atomic mass is 10.1. The Bertz CT molecular complexity index is 932. The van der Waals surface area contributed by atoms with Crippen molar-refractivity contribution in [3.63, 3.8) is 0 Å². The van der Waals surface area contributed by atoms with E-state index in [1.165, 1.54) is 5.56 Å². The summed E-state index contributed by atoms with van der Waals surface area (Å²) in [6.45, 7) is 10.5. The maximum absolute atomic E-state index is 4.64. The van der Waals surface area contributed by atoms with Crippen molar-refractivity contribution in [2.24, 2.45) is 0 Å². The Morgan fingerprint density at radius 3 is 2.36 bits per heavy atom. The molecule has 0 amide bonds. The maximum Gasteiger partial charge on any atom is 0.229 e. The van der Waals surface area contributed by atoms with E-state index in [2.05, 4.69) is 77.3 Å². The molecule has 0 aliphatic heterocycles. The van der Waals surface area contributed by atoms with Crippen LogP contribution < -0.4 is 15.4 Å². The van der Waals surface area contributed by atoms with Gasteiger partial charge in [0.1, 0.15) is 5.82 Å². The number of nitrogens with one attached hydrogen (secondary N) is 3. The largest absolute Gasteiger partial charge is 0.340 e. The smallest absolute Gasteiger partial charge is 0.229 e. The predicted molar refractivity (Wildman–Crippen MR) is 120 cm³/mol. The number of aromatic nitrogens is 2. The van der Waals surface area contributed by atoms with Gasteiger partial charge in [0.15, 0.2) is 0 Å². The van der Waals surface area contributed by atoms with Crippen LogP contribution in [0.4, 0.5) is 23.1 Å². The predicted octanol–water partition coefficient (Wildman–Crippen LogP) is 5.98. The molecule has 0 saturated carbocycles. The first-order valence-electron chi connectivity index (χ1n) is 9.27. The summed E-state index contributed by atoms with van der Waals surface area (Å²) in [5.41, 5.74) is 4.21. The maximum atomic E-state index is 4.64. The van der Waals surface area contributed by atoms with E-state index < -0.39 is 0 Å². The van der Waals surface area contributed by atoms with Crippen molar-refractivity contribution >= 4 is 35.1 Å². The van der Waals surface area contributed by atoms with E-state index in [9.17, 15) is 0 Å². The van der Waals surface area contributed by atoms with Crippen molar-refractivity contribution in [3.8, 4) is 0 Å². The molecule has 5 nitrogen and oxygen atoms in total. The number of aryl methyl sites for hydroxylation is 2. The first-order chi connectivity index (χ1) is 13.3. The second-order valence-electron chi connectivity index (χ2n) is 7.82. The first-order valence-corrected chi connectivity index (χ1v) is 10.1. The Kier molecular flexibility index (Phi) is 6.21. The lowest BCUT2D eigenvalue weighted by Gasteiger charge is -2.19. The Labute approximate surface area is 171 Å². The molecule has 0 fully saturated rings. The van der Waals surface area contributed by atoms with Gasteiger partial charge in [0.2, 0.25) is 5.95 Å². The zero-order chi connectivity index (χ0) is 20.1. The Morgan fingerprint density at radius 2 is 1.64 bits per heavy atom. The highest BCUT2D eigenvalue weighted by Gasteiger charge is 2.10. The number of hydrogen-bond donors (Lipinski definition) is 3. The molecular formula is C22H27N5S. The molecule has 0 radical (unpaired) electrons. The van der Waals surface area contributed by atoms with E-state index in [0.717, 1.165) is 27.7 Å². The Balaban J connectivity index is 1.74. The van der Waals surface area contributed by atoms with Crippen LogP contribution in [0.1, 0.15) is 31.9 Å². The third kappa shape index (κ3) is 5.97. The molecule has 0 saturated heterocycles. The quantitative estimate of drug-likeness (QED) is 0.448. The second kappa shape index (κ2) is 8.63. The molecule has 28 heavy (non-hydrogen) atoms. The molecule has 3 aromatic rings. The van der Waals surface area contributed by atoms with Gasteiger partial charge in [-0.1, -0.05) is 23.8 Å². The number of rotatable bonds is 6. The first kappa shape index (κ1) is 20.2. The highest BCUT2D eigenvalue weighted by Crippen LogP contribution is 2.25. The number of nitrogens with zero attached hydrogens (tertiary/aromatic N) is 2. The van der Waals surface area contributed by atoms with E-state index in [0.29, 0.717) is 5.95 Å². The SMILES string of the molecule is Cc1ccc(Nc2ncc(C)c(Nc3cccc(SNC(C)(C)C)c3)n2)cc1. The molecule has 0 atom stereocenters. The van der Waals surface area contributed by atoms with Crippen LogP contribution in [0.3, 0.4) is 0 Å². The molecular weight excluding hydrogens is 366 g/mol. The van der Waals surface area contributed by atoms with Gasteiger partial charge in [-0.25, -0.2) is 4.98 Å². The zero-order valence-corrected chi connectivity index (χ0v) is 17.8. The lowest BCUT2D eigenvalue weighted by Crippen LogP contribution is -2.29. The minimum Gasteiger partial charge on any atom is -0.340 e. The van der Waals surface area contributed by atoms with E-state index in [-0.39, 0.29) is 5.54 Å². The number of hydrogen-bond acceptors (Lipinski definition) is 6. The molecule has 0 aliphatic carbocycles. The van der Waals surface area contributed by atoms with Gasteiger partial charge in [-0.15, -0.1) is 0 Å². The molecule has 3 N–H and O–H groups in total. The third-order valence-corrected chi connectivity index (χ3v) is 5.06. The molecule has 6 heteroatoms. The van der Waals surface area contributed by atoms with Crippen molar-refractivity contribution in [1.82, 2.24) is 14.7 Å². The van der Waals surface area contributed by atoms with E-state index in [4.69, 9.17) is 0 Å². The molecule has 0 spiro atoms. The van der Waals surface area contributed by atoms with E-state index >= 15 is 0 Å². The summed E-state index contributed by atoms with van der Waals surface area (Å²) in [7, 11) is 0. The minimum absolute atomic E-state index is 0.0495. The summed E-state index contributed by atoms with van der Waals surface area (Å²) in [6.07, 6.45) is 1.83. The summed E-state index contributed by atoms with van der Waals surface area (Å²) in [5.74, 6) is 1.35. The third-order valence-electron chi connectivity index (χ3n) is 3.85. The van der Waals surface area contributed by atoms with Gasteiger partial charge in [0.25, 0.3) is 0 Å². The van der Waals surface area contributed by atoms with Gasteiger partial charge in [-0.05, 0) is 76.9 Å². The fourth-order valence-corrected chi connectivity index (χ4v) is 3.14. The summed E-state index contributed by atoms with van der Waals surface area (Å²) < 4.78 is 3.43. The lowest BCUT2D eigenvalue weighted by molar-refractivity contribution is 0.535. The standard InChI is InChI=1S/C22H27N5S/c1-15-9-11-17(12-10-15)25-21-23-14-16(2)20(26-21)24-18-7-6-8-19(13-18)28-27-22(3,4)5/h6-14,27H,1-5H3,(H2,23,24,25,26). The average Bonchev–Trinajstić information content (AvgIpc) is 2.64. The van der Waals surface area contributed by atoms with Gasteiger partial charge >= 0.3 is 0 Å². The average molecular weight is 394 g/mol. The van der Waals surface area contributed by atoms with Crippen LogP contribution >= 0.6 is 11.9 Å². The molecule has 2 aromatic carbocycles. The highest BCUT2D eigenvalue weighted by molar-refractivity contribution is 7.97. The van der Waals surface area contributed by atoms with Gasteiger partial charge < -0.3 is 10.6 Å². The zero-order valence-electron chi connectivity index (χ0n) is 17.0. The van der Waals surface area contributed by atoms with Gasteiger partial charge in [-0.3, -0.25) is 4.72 Å². The molecule has 3 rings (SSSR count). The fourth-order valence-electron chi connectivity index (χ4n) is 2.38. The summed E-state index contributed by atoms with van der Waals surface area (Å²) >= 11 is 1.63. The fraction of sp³-hybridized carbons (Fsp3) is 0.273. The van der Waals surface area contributed by atoms with Crippen LogP contribution in [0.15, 0.2) is 59.6 Å². The van der Waals surface area contributed by atoms with Crippen molar-refractivity contribution in [2.75, 3.05) is 10.6 Å². The summed E-state index contributed by atoms with van der Waals surface area (Å²) in [5, 5.41) is 6.67. The van der Waals surface area contributed by atoms with Crippen molar-refractivity contribution < 1.29 is 0 Å². The van der Waals surface area contributed by atoms with Gasteiger partial charge in [-0.2, -0.15) is 4.98 Å². The van der Waals surface area contributed by atoms with Crippen LogP contribution in [-0.2, 0) is 0 Å². The molecule has 0 bridgehead atoms. The van der Waals surface area contributed by atoms with Crippen molar-refractivity contribution in [1.29, 1.82) is 0 Å². The van der Waals surface area contributed by atoms with Gasteiger partial charge in [0, 0.05) is 33.6 Å². The Morgan fingerprint density at radius 1 is 0.893 bits per heavy atom.